The number of nitriles is 1. The zero-order valence-electron chi connectivity index (χ0n) is 18.8. The summed E-state index contributed by atoms with van der Waals surface area (Å²) in [5.74, 6) is 0.884. The third kappa shape index (κ3) is 5.36. The quantitative estimate of drug-likeness (QED) is 0.539. The van der Waals surface area contributed by atoms with E-state index in [2.05, 4.69) is 23.3 Å². The molecule has 2 aromatic carbocycles. The topological polar surface area (TPSA) is 78.2 Å². The Bertz CT molecular complexity index is 1170. The van der Waals surface area contributed by atoms with Gasteiger partial charge in [-0.15, -0.1) is 0 Å². The minimum absolute atomic E-state index is 0.0852. The van der Waals surface area contributed by atoms with Crippen LogP contribution in [-0.2, 0) is 24.3 Å². The first-order valence-corrected chi connectivity index (χ1v) is 11.8. The Kier molecular flexibility index (Phi) is 7.28. The minimum Gasteiger partial charge on any atom is -0.497 e. The lowest BCUT2D eigenvalue weighted by molar-refractivity contribution is -0.118. The molecule has 1 aromatic heterocycles. The van der Waals surface area contributed by atoms with Crippen LogP contribution in [0, 0.1) is 11.3 Å². The van der Waals surface area contributed by atoms with E-state index in [1.807, 2.05) is 54.6 Å². The van der Waals surface area contributed by atoms with E-state index in [0.717, 1.165) is 53.2 Å². The van der Waals surface area contributed by atoms with E-state index < -0.39 is 0 Å². The Balaban J connectivity index is 1.61. The number of nitrogens with zero attached hydrogens (tertiary/aromatic N) is 3. The van der Waals surface area contributed by atoms with E-state index in [0.29, 0.717) is 17.1 Å². The molecule has 0 fully saturated rings. The number of methoxy groups -OCH3 is 1. The number of rotatable bonds is 7. The maximum atomic E-state index is 12.5. The monoisotopic (exact) mass is 458 g/mol. The van der Waals surface area contributed by atoms with Crippen LogP contribution in [0.15, 0.2) is 59.6 Å². The molecular formula is C26H26N4O2S. The number of fused-ring (bicyclic) bond motifs is 1. The van der Waals surface area contributed by atoms with Gasteiger partial charge < -0.3 is 15.0 Å². The standard InChI is InChI=1S/C26H26N4O2S/c1-30-13-12-23-22(16-30)25(19-8-10-20(32-2)11-9-19)21(14-27)26(29-23)33-17-24(31)28-15-18-6-4-3-5-7-18/h3-11H,12-13,15-17H2,1-2H3,(H,28,31). The number of hydrogen-bond donors (Lipinski definition) is 1. The van der Waals surface area contributed by atoms with Crippen LogP contribution in [0.5, 0.6) is 5.75 Å². The van der Waals surface area contributed by atoms with Gasteiger partial charge in [-0.1, -0.05) is 54.2 Å². The van der Waals surface area contributed by atoms with Gasteiger partial charge in [-0.2, -0.15) is 5.26 Å². The van der Waals surface area contributed by atoms with Crippen molar-refractivity contribution in [3.05, 3.63) is 77.0 Å². The van der Waals surface area contributed by atoms with Crippen molar-refractivity contribution in [1.29, 1.82) is 5.26 Å². The average Bonchev–Trinajstić information content (AvgIpc) is 2.86. The van der Waals surface area contributed by atoms with E-state index in [9.17, 15) is 10.1 Å². The predicted molar refractivity (Wildman–Crippen MR) is 130 cm³/mol. The highest BCUT2D eigenvalue weighted by atomic mass is 32.2. The second-order valence-electron chi connectivity index (χ2n) is 7.97. The molecule has 7 heteroatoms. The zero-order valence-corrected chi connectivity index (χ0v) is 19.6. The SMILES string of the molecule is COc1ccc(-c2c(C#N)c(SCC(=O)NCc3ccccc3)nc3c2CN(C)CC3)cc1. The lowest BCUT2D eigenvalue weighted by atomic mass is 9.92. The van der Waals surface area contributed by atoms with E-state index in [1.165, 1.54) is 11.8 Å². The lowest BCUT2D eigenvalue weighted by Crippen LogP contribution is -2.28. The number of aromatic nitrogens is 1. The van der Waals surface area contributed by atoms with Gasteiger partial charge in [-0.3, -0.25) is 4.79 Å². The van der Waals surface area contributed by atoms with Crippen molar-refractivity contribution in [3.8, 4) is 22.9 Å². The first-order chi connectivity index (χ1) is 16.1. The minimum atomic E-state index is -0.0852. The van der Waals surface area contributed by atoms with Crippen molar-refractivity contribution in [2.24, 2.45) is 0 Å². The van der Waals surface area contributed by atoms with Crippen LogP contribution in [-0.4, -0.2) is 42.2 Å². The number of ether oxygens (including phenoxy) is 1. The van der Waals surface area contributed by atoms with Crippen LogP contribution in [0.2, 0.25) is 0 Å². The largest absolute Gasteiger partial charge is 0.497 e. The summed E-state index contributed by atoms with van der Waals surface area (Å²) in [5.41, 5.74) is 5.52. The fourth-order valence-corrected chi connectivity index (χ4v) is 4.77. The highest BCUT2D eigenvalue weighted by Gasteiger charge is 2.25. The molecule has 3 aromatic rings. The number of carbonyl (C=O) groups is 1. The fraction of sp³-hybridized carbons (Fsp3) is 0.269. The Labute approximate surface area is 198 Å². The summed E-state index contributed by atoms with van der Waals surface area (Å²) in [7, 11) is 3.71. The lowest BCUT2D eigenvalue weighted by Gasteiger charge is -2.28. The summed E-state index contributed by atoms with van der Waals surface area (Å²) in [4.78, 5) is 19.6. The third-order valence-corrected chi connectivity index (χ3v) is 6.65. The number of hydrogen-bond acceptors (Lipinski definition) is 6. The molecule has 1 aliphatic heterocycles. The first kappa shape index (κ1) is 22.8. The van der Waals surface area contributed by atoms with Crippen molar-refractivity contribution >= 4 is 17.7 Å². The van der Waals surface area contributed by atoms with E-state index >= 15 is 0 Å². The number of likely N-dealkylation sites (N-methyl/N-ethyl adjacent to an activating group) is 1. The molecule has 0 saturated carbocycles. The van der Waals surface area contributed by atoms with E-state index in [1.54, 1.807) is 7.11 Å². The molecule has 1 aliphatic rings. The average molecular weight is 459 g/mol. The van der Waals surface area contributed by atoms with Gasteiger partial charge in [0.2, 0.25) is 5.91 Å². The molecule has 1 N–H and O–H groups in total. The molecule has 0 aliphatic carbocycles. The van der Waals surface area contributed by atoms with E-state index in [-0.39, 0.29) is 11.7 Å². The summed E-state index contributed by atoms with van der Waals surface area (Å²) in [6.45, 7) is 2.13. The van der Waals surface area contributed by atoms with Gasteiger partial charge in [-0.25, -0.2) is 4.98 Å². The molecule has 2 heterocycles. The molecule has 6 nitrogen and oxygen atoms in total. The molecule has 0 unspecified atom stereocenters. The highest BCUT2D eigenvalue weighted by molar-refractivity contribution is 8.00. The molecule has 0 atom stereocenters. The predicted octanol–water partition coefficient (Wildman–Crippen LogP) is 4.03. The van der Waals surface area contributed by atoms with Crippen LogP contribution in [0.1, 0.15) is 22.4 Å². The van der Waals surface area contributed by atoms with E-state index in [4.69, 9.17) is 9.72 Å². The van der Waals surface area contributed by atoms with Crippen molar-refractivity contribution in [2.75, 3.05) is 26.5 Å². The maximum Gasteiger partial charge on any atom is 0.230 e. The summed E-state index contributed by atoms with van der Waals surface area (Å²) in [6.07, 6.45) is 0.814. The van der Waals surface area contributed by atoms with Gasteiger partial charge >= 0.3 is 0 Å². The number of pyridine rings is 1. The van der Waals surface area contributed by atoms with Gasteiger partial charge in [0.15, 0.2) is 0 Å². The number of amides is 1. The fourth-order valence-electron chi connectivity index (χ4n) is 3.94. The van der Waals surface area contributed by atoms with Gasteiger partial charge in [0.1, 0.15) is 16.8 Å². The number of thioether (sulfide) groups is 1. The summed E-state index contributed by atoms with van der Waals surface area (Å²) in [5, 5.41) is 13.7. The van der Waals surface area contributed by atoms with Crippen LogP contribution < -0.4 is 10.1 Å². The van der Waals surface area contributed by atoms with Gasteiger partial charge in [0.05, 0.1) is 18.4 Å². The highest BCUT2D eigenvalue weighted by Crippen LogP contribution is 2.37. The zero-order chi connectivity index (χ0) is 23.2. The molecule has 168 valence electrons. The number of benzene rings is 2. The molecule has 0 radical (unpaired) electrons. The van der Waals surface area contributed by atoms with Crippen LogP contribution in [0.4, 0.5) is 0 Å². The summed E-state index contributed by atoms with van der Waals surface area (Å²) >= 11 is 1.32. The van der Waals surface area contributed by atoms with Crippen LogP contribution >= 0.6 is 11.8 Å². The molecule has 0 bridgehead atoms. The molecule has 1 amide bonds. The number of carbonyl (C=O) groups excluding carboxylic acids is 1. The van der Waals surface area contributed by atoms with Crippen molar-refractivity contribution in [1.82, 2.24) is 15.2 Å². The molecule has 0 spiro atoms. The summed E-state index contributed by atoms with van der Waals surface area (Å²) < 4.78 is 5.30. The molecule has 0 saturated heterocycles. The first-order valence-electron chi connectivity index (χ1n) is 10.8. The smallest absolute Gasteiger partial charge is 0.230 e. The third-order valence-electron chi connectivity index (χ3n) is 5.67. The second-order valence-corrected chi connectivity index (χ2v) is 8.94. The van der Waals surface area contributed by atoms with Crippen LogP contribution in [0.3, 0.4) is 0 Å². The maximum absolute atomic E-state index is 12.5. The molecule has 4 rings (SSSR count). The van der Waals surface area contributed by atoms with Gasteiger partial charge in [0, 0.05) is 37.3 Å². The van der Waals surface area contributed by atoms with Gasteiger partial charge in [-0.05, 0) is 35.9 Å². The Morgan fingerprint density at radius 2 is 1.97 bits per heavy atom. The van der Waals surface area contributed by atoms with Gasteiger partial charge in [0.25, 0.3) is 0 Å². The van der Waals surface area contributed by atoms with Crippen molar-refractivity contribution in [3.63, 3.8) is 0 Å². The summed E-state index contributed by atoms with van der Waals surface area (Å²) in [6, 6.07) is 19.9. The van der Waals surface area contributed by atoms with Crippen molar-refractivity contribution < 1.29 is 9.53 Å². The normalized spacial score (nSPS) is 13.1. The Morgan fingerprint density at radius 1 is 1.21 bits per heavy atom. The number of nitrogens with one attached hydrogen (secondary N) is 1. The second kappa shape index (κ2) is 10.5. The molecule has 33 heavy (non-hydrogen) atoms. The Morgan fingerprint density at radius 3 is 2.67 bits per heavy atom. The van der Waals surface area contributed by atoms with Crippen molar-refractivity contribution in [2.45, 2.75) is 24.5 Å². The molecular weight excluding hydrogens is 432 g/mol. The van der Waals surface area contributed by atoms with Crippen LogP contribution in [0.25, 0.3) is 11.1 Å². The Hall–Kier alpha value is -3.34.